The Bertz CT molecular complexity index is 1800. The molecule has 4 rings (SSSR count). The summed E-state index contributed by atoms with van der Waals surface area (Å²) in [5.74, 6) is -2.65. The number of nitrogens with zero attached hydrogens (tertiary/aromatic N) is 1. The molecule has 0 aliphatic rings. The molecular weight excluding hydrogens is 630 g/mol. The van der Waals surface area contributed by atoms with E-state index < -0.39 is 47.8 Å². The topological polar surface area (TPSA) is 270 Å². The van der Waals surface area contributed by atoms with Crippen molar-refractivity contribution < 1.29 is 28.7 Å². The average Bonchev–Trinajstić information content (AvgIpc) is 3.76. The van der Waals surface area contributed by atoms with Gasteiger partial charge in [0, 0.05) is 35.6 Å². The molecule has 2 heterocycles. The maximum absolute atomic E-state index is 13.9. The molecule has 2 aromatic carbocycles. The zero-order chi connectivity index (χ0) is 35.5. The number of aromatic amines is 1. The zero-order valence-corrected chi connectivity index (χ0v) is 26.7. The molecule has 0 spiro atoms. The van der Waals surface area contributed by atoms with Crippen molar-refractivity contribution in [3.05, 3.63) is 102 Å². The van der Waals surface area contributed by atoms with Gasteiger partial charge in [-0.1, -0.05) is 36.9 Å². The minimum atomic E-state index is -1.20. The van der Waals surface area contributed by atoms with E-state index in [0.29, 0.717) is 12.0 Å². The van der Waals surface area contributed by atoms with Crippen LogP contribution in [0.3, 0.4) is 0 Å². The third-order valence-corrected chi connectivity index (χ3v) is 7.82. The third-order valence-electron chi connectivity index (χ3n) is 7.82. The molecule has 4 aromatic rings. The largest absolute Gasteiger partial charge is 0.508 e. The fourth-order valence-corrected chi connectivity index (χ4v) is 5.20. The van der Waals surface area contributed by atoms with E-state index in [0.717, 1.165) is 16.5 Å². The second-order valence-electron chi connectivity index (χ2n) is 11.5. The Kier molecular flexibility index (Phi) is 12.1. The minimum absolute atomic E-state index is 0.0323. The quantitative estimate of drug-likeness (QED) is 0.0327. The van der Waals surface area contributed by atoms with E-state index in [4.69, 9.17) is 27.4 Å². The van der Waals surface area contributed by atoms with E-state index >= 15 is 0 Å². The molecular formula is C34H41N9O6. The summed E-state index contributed by atoms with van der Waals surface area (Å²) in [6.45, 7) is 3.91. The van der Waals surface area contributed by atoms with E-state index in [1.54, 1.807) is 30.5 Å². The third kappa shape index (κ3) is 9.95. The Morgan fingerprint density at radius 3 is 2.24 bits per heavy atom. The van der Waals surface area contributed by atoms with Crippen molar-refractivity contribution in [2.24, 2.45) is 27.9 Å². The first kappa shape index (κ1) is 35.8. The second-order valence-corrected chi connectivity index (χ2v) is 11.5. The molecule has 49 heavy (non-hydrogen) atoms. The molecule has 258 valence electrons. The molecule has 0 saturated carbocycles. The SMILES string of the molecule is C=C(C(N)=O)[C@@H](NC(=O)[C@H](Cc1c[nH]c2ccccc12)NC(=O)[C@@H](CCCN=C(N)N)NC(=O)[C@@H](N)Cc1ccc(O)cc1)c1ccco1. The number of phenols is 1. The Morgan fingerprint density at radius 1 is 0.878 bits per heavy atom. The Hall–Kier alpha value is -6.09. The number of H-pyrrole nitrogens is 1. The molecule has 0 saturated heterocycles. The molecule has 15 heteroatoms. The van der Waals surface area contributed by atoms with Crippen LogP contribution in [0.4, 0.5) is 0 Å². The number of nitrogens with one attached hydrogen (secondary N) is 4. The molecule has 15 nitrogen and oxygen atoms in total. The van der Waals surface area contributed by atoms with Crippen LogP contribution in [0.2, 0.25) is 0 Å². The highest BCUT2D eigenvalue weighted by Gasteiger charge is 2.32. The van der Waals surface area contributed by atoms with E-state index in [1.165, 1.54) is 18.4 Å². The standard InChI is InChI=1S/C34H41N9O6/c1-19(30(36)45)29(28-9-5-15-49-28)43-33(48)27(17-21-18-40-25-7-3-2-6-23(21)25)42-32(47)26(8-4-14-39-34(37)38)41-31(46)24(35)16-20-10-12-22(44)13-11-20/h2-3,5-7,9-13,15,18,24,26-27,29,40,44H,1,4,8,14,16-17,35H2,(H2,36,45)(H,41,46)(H,42,47)(H,43,48)(H4,37,38,39)/t24-,26+,27-,29+/m0/s1. The van der Waals surface area contributed by atoms with Crippen LogP contribution >= 0.6 is 0 Å². The molecule has 0 aliphatic carbocycles. The number of fused-ring (bicyclic) bond motifs is 1. The van der Waals surface area contributed by atoms with Crippen LogP contribution in [0.25, 0.3) is 10.9 Å². The number of carbonyl (C=O) groups is 4. The molecule has 0 bridgehead atoms. The number of primary amides is 1. The van der Waals surface area contributed by atoms with Crippen LogP contribution in [0, 0.1) is 0 Å². The van der Waals surface area contributed by atoms with E-state index in [9.17, 15) is 24.3 Å². The minimum Gasteiger partial charge on any atom is -0.508 e. The maximum atomic E-state index is 13.9. The molecule has 0 unspecified atom stereocenters. The molecule has 4 amide bonds. The lowest BCUT2D eigenvalue weighted by molar-refractivity contribution is -0.132. The molecule has 2 aromatic heterocycles. The number of guanidine groups is 1. The first-order chi connectivity index (χ1) is 23.4. The van der Waals surface area contributed by atoms with Crippen LogP contribution < -0.4 is 38.9 Å². The summed E-state index contributed by atoms with van der Waals surface area (Å²) in [5.41, 5.74) is 24.7. The number of benzene rings is 2. The average molecular weight is 672 g/mol. The Balaban J connectivity index is 1.59. The zero-order valence-electron chi connectivity index (χ0n) is 26.7. The van der Waals surface area contributed by atoms with Gasteiger partial charge in [0.2, 0.25) is 23.6 Å². The summed E-state index contributed by atoms with van der Waals surface area (Å²) in [7, 11) is 0. The summed E-state index contributed by atoms with van der Waals surface area (Å²) >= 11 is 0. The van der Waals surface area contributed by atoms with Crippen molar-refractivity contribution in [3.8, 4) is 5.75 Å². The fraction of sp³-hybridized carbons (Fsp3) is 0.265. The predicted octanol–water partition coefficient (Wildman–Crippen LogP) is 0.501. The summed E-state index contributed by atoms with van der Waals surface area (Å²) in [6.07, 6.45) is 3.69. The summed E-state index contributed by atoms with van der Waals surface area (Å²) in [4.78, 5) is 60.3. The number of hydrogen-bond donors (Lipinski definition) is 9. The number of nitrogens with two attached hydrogens (primary N) is 4. The van der Waals surface area contributed by atoms with E-state index in [-0.39, 0.29) is 48.8 Å². The van der Waals surface area contributed by atoms with Crippen LogP contribution in [0.15, 0.2) is 94.7 Å². The lowest BCUT2D eigenvalue weighted by Crippen LogP contribution is -2.56. The highest BCUT2D eigenvalue weighted by molar-refractivity contribution is 5.96. The first-order valence-corrected chi connectivity index (χ1v) is 15.5. The number of hydrogen-bond acceptors (Lipinski definition) is 8. The van der Waals surface area contributed by atoms with Crippen molar-refractivity contribution in [1.82, 2.24) is 20.9 Å². The lowest BCUT2D eigenvalue weighted by Gasteiger charge is -2.26. The monoisotopic (exact) mass is 671 g/mol. The number of para-hydroxylation sites is 1. The van der Waals surface area contributed by atoms with Crippen molar-refractivity contribution in [2.45, 2.75) is 49.9 Å². The fourth-order valence-electron chi connectivity index (χ4n) is 5.20. The number of aliphatic imine (C=N–C) groups is 1. The van der Waals surface area contributed by atoms with Crippen LogP contribution in [-0.4, -0.2) is 64.3 Å². The Labute approximate surface area is 282 Å². The van der Waals surface area contributed by atoms with Gasteiger partial charge in [-0.15, -0.1) is 0 Å². The van der Waals surface area contributed by atoms with Gasteiger partial charge in [-0.25, -0.2) is 0 Å². The van der Waals surface area contributed by atoms with Gasteiger partial charge in [0.1, 0.15) is 29.6 Å². The van der Waals surface area contributed by atoms with Gasteiger partial charge in [0.25, 0.3) is 0 Å². The summed E-state index contributed by atoms with van der Waals surface area (Å²) in [5, 5.41) is 18.6. The van der Waals surface area contributed by atoms with Crippen LogP contribution in [-0.2, 0) is 32.0 Å². The molecule has 0 radical (unpaired) electrons. The first-order valence-electron chi connectivity index (χ1n) is 15.5. The van der Waals surface area contributed by atoms with Gasteiger partial charge in [-0.05, 0) is 60.7 Å². The number of aromatic nitrogens is 1. The van der Waals surface area contributed by atoms with Gasteiger partial charge < -0.3 is 53.4 Å². The van der Waals surface area contributed by atoms with Crippen molar-refractivity contribution in [1.29, 1.82) is 0 Å². The normalized spacial score (nSPS) is 13.4. The Morgan fingerprint density at radius 2 is 1.57 bits per heavy atom. The smallest absolute Gasteiger partial charge is 0.246 e. The van der Waals surface area contributed by atoms with Crippen molar-refractivity contribution >= 4 is 40.5 Å². The number of rotatable bonds is 17. The molecule has 4 atom stereocenters. The van der Waals surface area contributed by atoms with E-state index in [2.05, 4.69) is 32.5 Å². The van der Waals surface area contributed by atoms with Gasteiger partial charge in [-0.3, -0.25) is 24.2 Å². The number of carbonyl (C=O) groups excluding carboxylic acids is 4. The number of furan rings is 1. The van der Waals surface area contributed by atoms with Crippen molar-refractivity contribution in [2.75, 3.05) is 6.54 Å². The van der Waals surface area contributed by atoms with Crippen molar-refractivity contribution in [3.63, 3.8) is 0 Å². The highest BCUT2D eigenvalue weighted by Crippen LogP contribution is 2.23. The lowest BCUT2D eigenvalue weighted by atomic mass is 10.0. The number of amides is 4. The molecule has 0 fully saturated rings. The number of aromatic hydroxyl groups is 1. The van der Waals surface area contributed by atoms with Gasteiger partial charge in [0.05, 0.1) is 12.3 Å². The summed E-state index contributed by atoms with van der Waals surface area (Å²) < 4.78 is 5.44. The van der Waals surface area contributed by atoms with E-state index in [1.807, 2.05) is 24.3 Å². The van der Waals surface area contributed by atoms with Crippen LogP contribution in [0.5, 0.6) is 5.75 Å². The second kappa shape index (κ2) is 16.6. The van der Waals surface area contributed by atoms with Gasteiger partial charge in [0.15, 0.2) is 5.96 Å². The maximum Gasteiger partial charge on any atom is 0.246 e. The van der Waals surface area contributed by atoms with Gasteiger partial charge >= 0.3 is 0 Å². The predicted molar refractivity (Wildman–Crippen MR) is 183 cm³/mol. The molecule has 0 aliphatic heterocycles. The van der Waals surface area contributed by atoms with Crippen LogP contribution in [0.1, 0.15) is 35.8 Å². The molecule has 13 N–H and O–H groups in total. The highest BCUT2D eigenvalue weighted by atomic mass is 16.3. The number of phenolic OH excluding ortho intramolecular Hbond substituents is 1. The summed E-state index contributed by atoms with van der Waals surface area (Å²) in [6, 6.07) is 12.3. The van der Waals surface area contributed by atoms with Gasteiger partial charge in [-0.2, -0.15) is 0 Å².